The number of ether oxygens (including phenoxy) is 1. The fraction of sp³-hybridized carbons (Fsp3) is 0.692. The second-order valence-corrected chi connectivity index (χ2v) is 5.22. The van der Waals surface area contributed by atoms with E-state index in [2.05, 4.69) is 14.9 Å². The Hall–Kier alpha value is -0.870. The zero-order chi connectivity index (χ0) is 13.1. The normalized spacial score (nSPS) is 14.9. The second kappa shape index (κ2) is 5.85. The number of hydrogen-bond acceptors (Lipinski definition) is 4. The SMILES string of the molecule is COCCCN(C)c1nc(C2CC2)nc(Cl)c1C. The van der Waals surface area contributed by atoms with Gasteiger partial charge < -0.3 is 9.64 Å². The van der Waals surface area contributed by atoms with E-state index in [1.165, 1.54) is 12.8 Å². The highest BCUT2D eigenvalue weighted by Crippen LogP contribution is 2.39. The van der Waals surface area contributed by atoms with E-state index in [1.54, 1.807) is 7.11 Å². The second-order valence-electron chi connectivity index (χ2n) is 4.86. The van der Waals surface area contributed by atoms with Crippen LogP contribution in [0.25, 0.3) is 0 Å². The zero-order valence-electron chi connectivity index (χ0n) is 11.2. The summed E-state index contributed by atoms with van der Waals surface area (Å²) in [5.74, 6) is 2.38. The topological polar surface area (TPSA) is 38.2 Å². The molecule has 0 saturated heterocycles. The van der Waals surface area contributed by atoms with Crippen LogP contribution in [-0.4, -0.2) is 37.3 Å². The van der Waals surface area contributed by atoms with Crippen LogP contribution in [0.3, 0.4) is 0 Å². The molecule has 0 atom stereocenters. The number of hydrogen-bond donors (Lipinski definition) is 0. The summed E-state index contributed by atoms with van der Waals surface area (Å²) in [6, 6.07) is 0. The van der Waals surface area contributed by atoms with Crippen LogP contribution in [0.5, 0.6) is 0 Å². The molecule has 1 aromatic rings. The molecule has 1 saturated carbocycles. The number of rotatable bonds is 6. The molecule has 1 heterocycles. The molecule has 18 heavy (non-hydrogen) atoms. The number of aromatic nitrogens is 2. The molecule has 0 amide bonds. The van der Waals surface area contributed by atoms with Crippen molar-refractivity contribution in [2.45, 2.75) is 32.1 Å². The van der Waals surface area contributed by atoms with Gasteiger partial charge >= 0.3 is 0 Å². The van der Waals surface area contributed by atoms with Crippen molar-refractivity contribution in [2.24, 2.45) is 0 Å². The molecule has 0 radical (unpaired) electrons. The van der Waals surface area contributed by atoms with Gasteiger partial charge in [-0.05, 0) is 26.2 Å². The Balaban J connectivity index is 2.14. The quantitative estimate of drug-likeness (QED) is 0.588. The van der Waals surface area contributed by atoms with Gasteiger partial charge in [-0.25, -0.2) is 9.97 Å². The molecule has 100 valence electrons. The fourth-order valence-electron chi connectivity index (χ4n) is 1.94. The van der Waals surface area contributed by atoms with Crippen LogP contribution in [0.1, 0.15) is 36.6 Å². The van der Waals surface area contributed by atoms with Crippen molar-refractivity contribution >= 4 is 17.4 Å². The van der Waals surface area contributed by atoms with Gasteiger partial charge in [0.2, 0.25) is 0 Å². The molecule has 0 spiro atoms. The van der Waals surface area contributed by atoms with Crippen LogP contribution in [0.2, 0.25) is 5.15 Å². The highest BCUT2D eigenvalue weighted by atomic mass is 35.5. The summed E-state index contributed by atoms with van der Waals surface area (Å²) in [6.07, 6.45) is 3.35. The molecule has 1 fully saturated rings. The Morgan fingerprint density at radius 3 is 2.72 bits per heavy atom. The van der Waals surface area contributed by atoms with E-state index in [-0.39, 0.29) is 0 Å². The van der Waals surface area contributed by atoms with Crippen molar-refractivity contribution < 1.29 is 4.74 Å². The lowest BCUT2D eigenvalue weighted by Crippen LogP contribution is -2.22. The maximum atomic E-state index is 6.19. The number of methoxy groups -OCH3 is 1. The van der Waals surface area contributed by atoms with Crippen LogP contribution in [0, 0.1) is 6.92 Å². The monoisotopic (exact) mass is 269 g/mol. The molecule has 1 aromatic heterocycles. The third-order valence-electron chi connectivity index (χ3n) is 3.22. The van der Waals surface area contributed by atoms with Crippen molar-refractivity contribution in [1.29, 1.82) is 0 Å². The summed E-state index contributed by atoms with van der Waals surface area (Å²) in [5, 5.41) is 0.584. The van der Waals surface area contributed by atoms with Crippen molar-refractivity contribution in [2.75, 3.05) is 32.2 Å². The number of halogens is 1. The molecular formula is C13H20ClN3O. The molecule has 2 rings (SSSR count). The summed E-state index contributed by atoms with van der Waals surface area (Å²) in [5.41, 5.74) is 0.959. The largest absolute Gasteiger partial charge is 0.385 e. The molecule has 0 N–H and O–H groups in total. The van der Waals surface area contributed by atoms with Crippen molar-refractivity contribution in [1.82, 2.24) is 9.97 Å². The zero-order valence-corrected chi connectivity index (χ0v) is 12.0. The third-order valence-corrected chi connectivity index (χ3v) is 3.59. The van der Waals surface area contributed by atoms with Gasteiger partial charge in [-0.2, -0.15) is 0 Å². The van der Waals surface area contributed by atoms with Crippen LogP contribution in [0.15, 0.2) is 0 Å². The molecule has 1 aliphatic carbocycles. The molecule has 0 aliphatic heterocycles. The Labute approximate surface area is 113 Å². The first-order chi connectivity index (χ1) is 8.63. The van der Waals surface area contributed by atoms with E-state index in [4.69, 9.17) is 16.3 Å². The average molecular weight is 270 g/mol. The summed E-state index contributed by atoms with van der Waals surface area (Å²) < 4.78 is 5.07. The Bertz CT molecular complexity index is 421. The first-order valence-electron chi connectivity index (χ1n) is 6.37. The smallest absolute Gasteiger partial charge is 0.137 e. The summed E-state index contributed by atoms with van der Waals surface area (Å²) >= 11 is 6.19. The van der Waals surface area contributed by atoms with E-state index < -0.39 is 0 Å². The van der Waals surface area contributed by atoms with Crippen LogP contribution in [-0.2, 0) is 4.74 Å². The molecule has 4 nitrogen and oxygen atoms in total. The minimum Gasteiger partial charge on any atom is -0.385 e. The lowest BCUT2D eigenvalue weighted by atomic mass is 10.3. The third kappa shape index (κ3) is 3.12. The summed E-state index contributed by atoms with van der Waals surface area (Å²) in [7, 11) is 3.76. The molecular weight excluding hydrogens is 250 g/mol. The maximum Gasteiger partial charge on any atom is 0.137 e. The van der Waals surface area contributed by atoms with Gasteiger partial charge in [-0.1, -0.05) is 11.6 Å². The van der Waals surface area contributed by atoms with Crippen molar-refractivity contribution in [3.63, 3.8) is 0 Å². The molecule has 5 heteroatoms. The van der Waals surface area contributed by atoms with Crippen LogP contribution in [0.4, 0.5) is 5.82 Å². The number of nitrogens with zero attached hydrogens (tertiary/aromatic N) is 3. The lowest BCUT2D eigenvalue weighted by Gasteiger charge is -2.21. The van der Waals surface area contributed by atoms with E-state index in [0.717, 1.165) is 36.8 Å². The van der Waals surface area contributed by atoms with Gasteiger partial charge in [0.15, 0.2) is 0 Å². The minimum atomic E-state index is 0.522. The van der Waals surface area contributed by atoms with E-state index in [1.807, 2.05) is 14.0 Å². The Morgan fingerprint density at radius 1 is 1.39 bits per heavy atom. The molecule has 0 unspecified atom stereocenters. The first kappa shape index (κ1) is 13.6. The standard InChI is InChI=1S/C13H20ClN3O/c1-9-11(14)15-12(10-5-6-10)16-13(9)17(2)7-4-8-18-3/h10H,4-8H2,1-3H3. The first-order valence-corrected chi connectivity index (χ1v) is 6.75. The number of anilines is 1. The lowest BCUT2D eigenvalue weighted by molar-refractivity contribution is 0.196. The Morgan fingerprint density at radius 2 is 2.11 bits per heavy atom. The highest BCUT2D eigenvalue weighted by molar-refractivity contribution is 6.30. The minimum absolute atomic E-state index is 0.522. The van der Waals surface area contributed by atoms with Crippen LogP contribution < -0.4 is 4.90 Å². The predicted octanol–water partition coefficient (Wildman–Crippen LogP) is 2.79. The van der Waals surface area contributed by atoms with Gasteiger partial charge in [0.05, 0.1) is 0 Å². The van der Waals surface area contributed by atoms with Gasteiger partial charge in [-0.3, -0.25) is 0 Å². The van der Waals surface area contributed by atoms with Gasteiger partial charge in [-0.15, -0.1) is 0 Å². The molecule has 0 aromatic carbocycles. The maximum absolute atomic E-state index is 6.19. The molecule has 1 aliphatic rings. The highest BCUT2D eigenvalue weighted by Gasteiger charge is 2.28. The van der Waals surface area contributed by atoms with E-state index in [0.29, 0.717) is 11.1 Å². The summed E-state index contributed by atoms with van der Waals surface area (Å²) in [6.45, 7) is 3.64. The van der Waals surface area contributed by atoms with Gasteiger partial charge in [0.25, 0.3) is 0 Å². The molecule has 0 bridgehead atoms. The van der Waals surface area contributed by atoms with E-state index >= 15 is 0 Å². The van der Waals surface area contributed by atoms with Gasteiger partial charge in [0.1, 0.15) is 16.8 Å². The van der Waals surface area contributed by atoms with Gasteiger partial charge in [0, 0.05) is 38.8 Å². The van der Waals surface area contributed by atoms with E-state index in [9.17, 15) is 0 Å². The fourth-order valence-corrected chi connectivity index (χ4v) is 2.11. The predicted molar refractivity (Wildman–Crippen MR) is 73.5 cm³/mol. The van der Waals surface area contributed by atoms with Crippen molar-refractivity contribution in [3.05, 3.63) is 16.5 Å². The van der Waals surface area contributed by atoms with Crippen LogP contribution >= 0.6 is 11.6 Å². The van der Waals surface area contributed by atoms with Crippen molar-refractivity contribution in [3.8, 4) is 0 Å². The average Bonchev–Trinajstić information content (AvgIpc) is 3.16. The Kier molecular flexibility index (Phi) is 4.40. The summed E-state index contributed by atoms with van der Waals surface area (Å²) in [4.78, 5) is 11.2.